The van der Waals surface area contributed by atoms with Gasteiger partial charge in [-0.1, -0.05) is 0 Å². The summed E-state index contributed by atoms with van der Waals surface area (Å²) < 4.78 is 6.86. The molecule has 0 aromatic carbocycles. The Morgan fingerprint density at radius 3 is 2.65 bits per heavy atom. The second kappa shape index (κ2) is 5.80. The molecule has 0 bridgehead atoms. The molecule has 1 saturated heterocycles. The molecule has 7 heteroatoms. The summed E-state index contributed by atoms with van der Waals surface area (Å²) in [5.41, 5.74) is 7.38. The van der Waals surface area contributed by atoms with Gasteiger partial charge in [-0.25, -0.2) is 0 Å². The van der Waals surface area contributed by atoms with Gasteiger partial charge < -0.3 is 20.9 Å². The summed E-state index contributed by atoms with van der Waals surface area (Å²) in [7, 11) is 0. The molecule has 1 aromatic rings. The number of carbonyl (C=O) groups excluding carboxylic acids is 1. The van der Waals surface area contributed by atoms with Crippen LogP contribution in [0.25, 0.3) is 0 Å². The molecule has 1 aromatic heterocycles. The van der Waals surface area contributed by atoms with E-state index in [0.29, 0.717) is 31.7 Å². The molecule has 0 saturated carbocycles. The molecule has 4 N–H and O–H groups in total. The molecule has 0 spiro atoms. The molecule has 0 aliphatic carbocycles. The van der Waals surface area contributed by atoms with Gasteiger partial charge in [0.15, 0.2) is 0 Å². The van der Waals surface area contributed by atoms with Gasteiger partial charge >= 0.3 is 0 Å². The number of aromatic nitrogens is 2. The lowest BCUT2D eigenvalue weighted by molar-refractivity contribution is -0.126. The third-order valence-corrected chi connectivity index (χ3v) is 3.89. The Morgan fingerprint density at radius 2 is 2.15 bits per heavy atom. The summed E-state index contributed by atoms with van der Waals surface area (Å²) in [4.78, 5) is 12.2. The fourth-order valence-electron chi connectivity index (χ4n) is 2.42. The maximum absolute atomic E-state index is 12.2. The average Bonchev–Trinajstić information content (AvgIpc) is 2.67. The molecule has 1 aliphatic rings. The first kappa shape index (κ1) is 14.8. The number of nitrogens with one attached hydrogen (secondary N) is 1. The Morgan fingerprint density at radius 1 is 1.50 bits per heavy atom. The number of anilines is 1. The van der Waals surface area contributed by atoms with Crippen molar-refractivity contribution in [2.75, 3.05) is 25.6 Å². The molecule has 112 valence electrons. The smallest absolute Gasteiger partial charge is 0.242 e. The van der Waals surface area contributed by atoms with Gasteiger partial charge in [0, 0.05) is 13.2 Å². The van der Waals surface area contributed by atoms with Gasteiger partial charge in [0.2, 0.25) is 5.91 Å². The van der Waals surface area contributed by atoms with Gasteiger partial charge in [0.1, 0.15) is 6.54 Å². The number of hydrogen-bond donors (Lipinski definition) is 3. The highest BCUT2D eigenvalue weighted by Gasteiger charge is 2.33. The van der Waals surface area contributed by atoms with E-state index >= 15 is 0 Å². The predicted octanol–water partition coefficient (Wildman–Crippen LogP) is -0.260. The zero-order valence-electron chi connectivity index (χ0n) is 12.0. The van der Waals surface area contributed by atoms with Gasteiger partial charge in [-0.2, -0.15) is 5.10 Å². The van der Waals surface area contributed by atoms with Gasteiger partial charge in [0.25, 0.3) is 0 Å². The number of nitrogens with zero attached hydrogens (tertiary/aromatic N) is 2. The lowest BCUT2D eigenvalue weighted by Crippen LogP contribution is -2.55. The molecule has 7 nitrogen and oxygen atoms in total. The normalized spacial score (nSPS) is 17.9. The fourth-order valence-corrected chi connectivity index (χ4v) is 2.42. The zero-order valence-corrected chi connectivity index (χ0v) is 12.0. The van der Waals surface area contributed by atoms with Crippen molar-refractivity contribution in [3.63, 3.8) is 0 Å². The van der Waals surface area contributed by atoms with Crippen LogP contribution in [0.3, 0.4) is 0 Å². The maximum Gasteiger partial charge on any atom is 0.242 e. The summed E-state index contributed by atoms with van der Waals surface area (Å²) >= 11 is 0. The van der Waals surface area contributed by atoms with Crippen LogP contribution in [-0.2, 0) is 16.1 Å². The minimum absolute atomic E-state index is 0.0820. The van der Waals surface area contributed by atoms with Crippen molar-refractivity contribution >= 4 is 11.6 Å². The predicted molar refractivity (Wildman–Crippen MR) is 74.1 cm³/mol. The van der Waals surface area contributed by atoms with E-state index in [4.69, 9.17) is 10.5 Å². The average molecular weight is 282 g/mol. The van der Waals surface area contributed by atoms with Crippen molar-refractivity contribution in [2.45, 2.75) is 38.8 Å². The van der Waals surface area contributed by atoms with E-state index in [1.807, 2.05) is 13.8 Å². The number of aliphatic hydroxyl groups excluding tert-OH is 1. The molecule has 2 rings (SSSR count). The number of carbonyl (C=O) groups is 1. The Kier molecular flexibility index (Phi) is 4.29. The monoisotopic (exact) mass is 282 g/mol. The van der Waals surface area contributed by atoms with E-state index in [1.165, 1.54) is 0 Å². The van der Waals surface area contributed by atoms with Crippen LogP contribution >= 0.6 is 0 Å². The SMILES string of the molecule is Cc1nn(CC(=O)NC2(CO)CCOCC2)c(C)c1N. The highest BCUT2D eigenvalue weighted by atomic mass is 16.5. The number of aryl methyl sites for hydroxylation is 1. The lowest BCUT2D eigenvalue weighted by Gasteiger charge is -2.36. The van der Waals surface area contributed by atoms with E-state index in [2.05, 4.69) is 10.4 Å². The van der Waals surface area contributed by atoms with E-state index in [-0.39, 0.29) is 19.1 Å². The van der Waals surface area contributed by atoms with Gasteiger partial charge in [-0.05, 0) is 26.7 Å². The zero-order chi connectivity index (χ0) is 14.8. The first-order valence-corrected chi connectivity index (χ1v) is 6.76. The minimum atomic E-state index is -0.572. The molecule has 0 atom stereocenters. The lowest BCUT2D eigenvalue weighted by atomic mass is 9.91. The molecule has 1 fully saturated rings. The van der Waals surface area contributed by atoms with Crippen molar-refractivity contribution < 1.29 is 14.6 Å². The standard InChI is InChI=1S/C13H22N4O3/c1-9-12(14)10(2)17(16-9)7-11(19)15-13(8-18)3-5-20-6-4-13/h18H,3-8,14H2,1-2H3,(H,15,19). The Hall–Kier alpha value is -1.60. The number of nitrogen functional groups attached to an aromatic ring is 1. The first-order valence-electron chi connectivity index (χ1n) is 6.76. The number of nitrogens with two attached hydrogens (primary N) is 1. The second-order valence-electron chi connectivity index (χ2n) is 5.34. The summed E-state index contributed by atoms with van der Waals surface area (Å²) in [5, 5.41) is 16.7. The fraction of sp³-hybridized carbons (Fsp3) is 0.692. The number of hydrogen-bond acceptors (Lipinski definition) is 5. The molecule has 1 amide bonds. The van der Waals surface area contributed by atoms with Crippen LogP contribution in [0.15, 0.2) is 0 Å². The van der Waals surface area contributed by atoms with Crippen molar-refractivity contribution in [1.29, 1.82) is 0 Å². The number of aliphatic hydroxyl groups is 1. The Bertz CT molecular complexity index is 492. The van der Waals surface area contributed by atoms with E-state index in [1.54, 1.807) is 4.68 Å². The Balaban J connectivity index is 2.02. The quantitative estimate of drug-likeness (QED) is 0.706. The highest BCUT2D eigenvalue weighted by Crippen LogP contribution is 2.20. The largest absolute Gasteiger partial charge is 0.396 e. The van der Waals surface area contributed by atoms with E-state index in [0.717, 1.165) is 11.4 Å². The van der Waals surface area contributed by atoms with Crippen LogP contribution < -0.4 is 11.1 Å². The second-order valence-corrected chi connectivity index (χ2v) is 5.34. The number of amides is 1. The first-order chi connectivity index (χ1) is 9.47. The molecule has 0 unspecified atom stereocenters. The van der Waals surface area contributed by atoms with Gasteiger partial charge in [0.05, 0.1) is 29.2 Å². The van der Waals surface area contributed by atoms with Crippen LogP contribution in [0.4, 0.5) is 5.69 Å². The van der Waals surface area contributed by atoms with E-state index < -0.39 is 5.54 Å². The molecule has 1 aliphatic heterocycles. The molecule has 20 heavy (non-hydrogen) atoms. The van der Waals surface area contributed by atoms with Crippen molar-refractivity contribution in [1.82, 2.24) is 15.1 Å². The van der Waals surface area contributed by atoms with E-state index in [9.17, 15) is 9.90 Å². The highest BCUT2D eigenvalue weighted by molar-refractivity contribution is 5.77. The van der Waals surface area contributed by atoms with Gasteiger partial charge in [-0.3, -0.25) is 9.48 Å². The van der Waals surface area contributed by atoms with Crippen molar-refractivity contribution in [2.24, 2.45) is 0 Å². The number of rotatable bonds is 4. The molecular formula is C13H22N4O3. The molecule has 2 heterocycles. The topological polar surface area (TPSA) is 102 Å². The van der Waals surface area contributed by atoms with Crippen LogP contribution in [0.2, 0.25) is 0 Å². The van der Waals surface area contributed by atoms with Crippen LogP contribution in [0, 0.1) is 13.8 Å². The molecular weight excluding hydrogens is 260 g/mol. The van der Waals surface area contributed by atoms with Crippen molar-refractivity contribution in [3.8, 4) is 0 Å². The maximum atomic E-state index is 12.2. The van der Waals surface area contributed by atoms with Crippen molar-refractivity contribution in [3.05, 3.63) is 11.4 Å². The number of ether oxygens (including phenoxy) is 1. The minimum Gasteiger partial charge on any atom is -0.396 e. The summed E-state index contributed by atoms with van der Waals surface area (Å²) in [6.45, 7) is 4.76. The summed E-state index contributed by atoms with van der Waals surface area (Å²) in [6.07, 6.45) is 1.24. The summed E-state index contributed by atoms with van der Waals surface area (Å²) in [6, 6.07) is 0. The third kappa shape index (κ3) is 2.94. The third-order valence-electron chi connectivity index (χ3n) is 3.89. The van der Waals surface area contributed by atoms with Crippen LogP contribution in [0.5, 0.6) is 0 Å². The van der Waals surface area contributed by atoms with Gasteiger partial charge in [-0.15, -0.1) is 0 Å². The Labute approximate surface area is 118 Å². The summed E-state index contributed by atoms with van der Waals surface area (Å²) in [5.74, 6) is -0.174. The van der Waals surface area contributed by atoms with Crippen LogP contribution in [0.1, 0.15) is 24.2 Å². The molecule has 0 radical (unpaired) electrons. The van der Waals surface area contributed by atoms with Crippen LogP contribution in [-0.4, -0.2) is 46.2 Å².